The second-order valence-corrected chi connectivity index (χ2v) is 3.88. The second kappa shape index (κ2) is 3.11. The van der Waals surface area contributed by atoms with Crippen LogP contribution < -0.4 is 5.32 Å². The highest BCUT2D eigenvalue weighted by molar-refractivity contribution is 4.85. The predicted octanol–water partition coefficient (Wildman–Crippen LogP) is 0.690. The minimum Gasteiger partial charge on any atom is -0.316 e. The van der Waals surface area contributed by atoms with Crippen LogP contribution in [0.3, 0.4) is 0 Å². The van der Waals surface area contributed by atoms with E-state index < -0.39 is 0 Å². The molecular weight excluding hydrogens is 136 g/mol. The molecule has 2 nitrogen and oxygen atoms in total. The molecule has 0 aliphatic carbocycles. The molecule has 0 aromatic carbocycles. The minimum absolute atomic E-state index is 0.832. The molecule has 0 aromatic rings. The fourth-order valence-corrected chi connectivity index (χ4v) is 2.13. The van der Waals surface area contributed by atoms with Gasteiger partial charge in [-0.2, -0.15) is 0 Å². The third-order valence-corrected chi connectivity index (χ3v) is 3.25. The number of hydrogen-bond donors (Lipinski definition) is 1. The average Bonchev–Trinajstić information content (AvgIpc) is 2.32. The first kappa shape index (κ1) is 7.56. The van der Waals surface area contributed by atoms with E-state index in [1.165, 1.54) is 39.0 Å². The maximum absolute atomic E-state index is 3.43. The van der Waals surface area contributed by atoms with E-state index >= 15 is 0 Å². The van der Waals surface area contributed by atoms with Gasteiger partial charge >= 0.3 is 0 Å². The molecule has 2 atom stereocenters. The second-order valence-electron chi connectivity index (χ2n) is 3.88. The topological polar surface area (TPSA) is 15.3 Å². The van der Waals surface area contributed by atoms with Crippen LogP contribution in [-0.4, -0.2) is 37.1 Å². The third kappa shape index (κ3) is 1.42. The average molecular weight is 154 g/mol. The van der Waals surface area contributed by atoms with Crippen molar-refractivity contribution in [3.8, 4) is 0 Å². The molecule has 2 heteroatoms. The molecule has 2 unspecified atom stereocenters. The maximum atomic E-state index is 3.43. The van der Waals surface area contributed by atoms with Gasteiger partial charge in [0.15, 0.2) is 0 Å². The summed E-state index contributed by atoms with van der Waals surface area (Å²) in [7, 11) is 0. The molecule has 2 aliphatic heterocycles. The highest BCUT2D eigenvalue weighted by Gasteiger charge is 2.28. The fraction of sp³-hybridized carbons (Fsp3) is 1.00. The van der Waals surface area contributed by atoms with Crippen LogP contribution in [-0.2, 0) is 0 Å². The molecule has 0 spiro atoms. The largest absolute Gasteiger partial charge is 0.316 e. The summed E-state index contributed by atoms with van der Waals surface area (Å²) in [6.07, 6.45) is 2.81. The summed E-state index contributed by atoms with van der Waals surface area (Å²) in [5.74, 6) is 0.926. The Morgan fingerprint density at radius 2 is 2.27 bits per heavy atom. The Hall–Kier alpha value is -0.0800. The van der Waals surface area contributed by atoms with Crippen LogP contribution in [0.2, 0.25) is 0 Å². The zero-order chi connectivity index (χ0) is 7.68. The van der Waals surface area contributed by atoms with Crippen LogP contribution in [0.4, 0.5) is 0 Å². The maximum Gasteiger partial charge on any atom is 0.0108 e. The molecule has 2 fully saturated rings. The van der Waals surface area contributed by atoms with Crippen LogP contribution in [0, 0.1) is 5.92 Å². The summed E-state index contributed by atoms with van der Waals surface area (Å²) in [6, 6.07) is 0.832. The van der Waals surface area contributed by atoms with E-state index in [9.17, 15) is 0 Å². The van der Waals surface area contributed by atoms with Crippen LogP contribution >= 0.6 is 0 Å². The number of rotatable bonds is 2. The van der Waals surface area contributed by atoms with E-state index in [-0.39, 0.29) is 0 Å². The van der Waals surface area contributed by atoms with Crippen LogP contribution in [0.5, 0.6) is 0 Å². The lowest BCUT2D eigenvalue weighted by atomic mass is 9.96. The summed E-state index contributed by atoms with van der Waals surface area (Å²) in [5, 5.41) is 3.43. The molecule has 2 rings (SSSR count). The molecule has 2 saturated heterocycles. The van der Waals surface area contributed by atoms with E-state index in [2.05, 4.69) is 17.1 Å². The molecule has 64 valence electrons. The van der Waals surface area contributed by atoms with Crippen LogP contribution in [0.1, 0.15) is 19.8 Å². The molecular formula is C9H18N2. The third-order valence-electron chi connectivity index (χ3n) is 3.25. The lowest BCUT2D eigenvalue weighted by molar-refractivity contribution is 0.0941. The first-order chi connectivity index (χ1) is 5.38. The fourth-order valence-electron chi connectivity index (χ4n) is 2.13. The van der Waals surface area contributed by atoms with Crippen molar-refractivity contribution in [1.29, 1.82) is 0 Å². The molecule has 1 N–H and O–H groups in total. The van der Waals surface area contributed by atoms with Gasteiger partial charge in [-0.1, -0.05) is 0 Å². The van der Waals surface area contributed by atoms with Gasteiger partial charge in [-0.05, 0) is 51.9 Å². The number of hydrogen-bond acceptors (Lipinski definition) is 2. The van der Waals surface area contributed by atoms with Gasteiger partial charge in [-0.3, -0.25) is 0 Å². The number of nitrogens with one attached hydrogen (secondary N) is 1. The Labute approximate surface area is 69.0 Å². The van der Waals surface area contributed by atoms with Crippen molar-refractivity contribution < 1.29 is 0 Å². The highest BCUT2D eigenvalue weighted by Crippen LogP contribution is 2.21. The van der Waals surface area contributed by atoms with Crippen molar-refractivity contribution in [2.45, 2.75) is 25.8 Å². The summed E-state index contributed by atoms with van der Waals surface area (Å²) < 4.78 is 0. The highest BCUT2D eigenvalue weighted by atomic mass is 15.2. The van der Waals surface area contributed by atoms with Crippen molar-refractivity contribution in [2.24, 2.45) is 5.92 Å². The normalized spacial score (nSPS) is 35.2. The SMILES string of the molecule is CC(C1CCNC1)N1CCC1. The monoisotopic (exact) mass is 154 g/mol. The van der Waals surface area contributed by atoms with Crippen LogP contribution in [0.15, 0.2) is 0 Å². The molecule has 0 amide bonds. The molecule has 0 aromatic heterocycles. The molecule has 0 bridgehead atoms. The quantitative estimate of drug-likeness (QED) is 0.629. The van der Waals surface area contributed by atoms with Gasteiger partial charge in [-0.25, -0.2) is 0 Å². The zero-order valence-corrected chi connectivity index (χ0v) is 7.34. The molecule has 11 heavy (non-hydrogen) atoms. The smallest absolute Gasteiger partial charge is 0.0108 e. The van der Waals surface area contributed by atoms with Gasteiger partial charge in [0.25, 0.3) is 0 Å². The van der Waals surface area contributed by atoms with Gasteiger partial charge in [0, 0.05) is 6.04 Å². The Bertz CT molecular complexity index is 126. The van der Waals surface area contributed by atoms with Gasteiger partial charge in [-0.15, -0.1) is 0 Å². The van der Waals surface area contributed by atoms with Crippen molar-refractivity contribution in [1.82, 2.24) is 10.2 Å². The van der Waals surface area contributed by atoms with Gasteiger partial charge in [0.05, 0.1) is 0 Å². The van der Waals surface area contributed by atoms with Crippen molar-refractivity contribution >= 4 is 0 Å². The van der Waals surface area contributed by atoms with Crippen molar-refractivity contribution in [3.05, 3.63) is 0 Å². The van der Waals surface area contributed by atoms with Crippen molar-refractivity contribution in [3.63, 3.8) is 0 Å². The minimum atomic E-state index is 0.832. The van der Waals surface area contributed by atoms with E-state index in [1.54, 1.807) is 0 Å². The van der Waals surface area contributed by atoms with E-state index in [1.807, 2.05) is 0 Å². The molecule has 0 radical (unpaired) electrons. The van der Waals surface area contributed by atoms with Gasteiger partial charge < -0.3 is 10.2 Å². The summed E-state index contributed by atoms with van der Waals surface area (Å²) >= 11 is 0. The number of nitrogens with zero attached hydrogens (tertiary/aromatic N) is 1. The summed E-state index contributed by atoms with van der Waals surface area (Å²) in [6.45, 7) is 7.56. The van der Waals surface area contributed by atoms with Gasteiger partial charge in [0.1, 0.15) is 0 Å². The summed E-state index contributed by atoms with van der Waals surface area (Å²) in [4.78, 5) is 2.61. The van der Waals surface area contributed by atoms with Gasteiger partial charge in [0.2, 0.25) is 0 Å². The van der Waals surface area contributed by atoms with Crippen LogP contribution in [0.25, 0.3) is 0 Å². The standard InChI is InChI=1S/C9H18N2/c1-8(11-5-2-6-11)9-3-4-10-7-9/h8-10H,2-7H2,1H3. The van der Waals surface area contributed by atoms with Crippen molar-refractivity contribution in [2.75, 3.05) is 26.2 Å². The predicted molar refractivity (Wildman–Crippen MR) is 46.6 cm³/mol. The Morgan fingerprint density at radius 3 is 2.73 bits per heavy atom. The zero-order valence-electron chi connectivity index (χ0n) is 7.34. The summed E-state index contributed by atoms with van der Waals surface area (Å²) in [5.41, 5.74) is 0. The van der Waals surface area contributed by atoms with E-state index in [4.69, 9.17) is 0 Å². The first-order valence-electron chi connectivity index (χ1n) is 4.82. The Balaban J connectivity index is 1.82. The Kier molecular flexibility index (Phi) is 2.14. The molecule has 2 heterocycles. The Morgan fingerprint density at radius 1 is 1.45 bits per heavy atom. The molecule has 2 aliphatic rings. The lowest BCUT2D eigenvalue weighted by Crippen LogP contribution is -2.47. The molecule has 0 saturated carbocycles. The van der Waals surface area contributed by atoms with E-state index in [0.717, 1.165) is 12.0 Å². The van der Waals surface area contributed by atoms with E-state index in [0.29, 0.717) is 0 Å². The number of likely N-dealkylation sites (tertiary alicyclic amines) is 1. The first-order valence-corrected chi connectivity index (χ1v) is 4.82. The lowest BCUT2D eigenvalue weighted by Gasteiger charge is -2.39.